The molecule has 1 atom stereocenters. The Balaban J connectivity index is 2.23. The maximum Gasteiger partial charge on any atom is 0.0995 e. The van der Waals surface area contributed by atoms with Crippen LogP contribution in [0.15, 0.2) is 24.3 Å². The van der Waals surface area contributed by atoms with E-state index in [9.17, 15) is 5.26 Å². The van der Waals surface area contributed by atoms with Gasteiger partial charge < -0.3 is 5.32 Å². The molecular weight excluding hydrogens is 234 g/mol. The van der Waals surface area contributed by atoms with Gasteiger partial charge in [-0.3, -0.25) is 4.90 Å². The summed E-state index contributed by atoms with van der Waals surface area (Å²) >= 11 is 0. The second-order valence-corrected chi connectivity index (χ2v) is 5.14. The van der Waals surface area contributed by atoms with Crippen LogP contribution in [-0.2, 0) is 0 Å². The summed E-state index contributed by atoms with van der Waals surface area (Å²) in [6.07, 6.45) is 3.57. The Labute approximate surface area is 116 Å². The van der Waals surface area contributed by atoms with Gasteiger partial charge in [0.05, 0.1) is 11.6 Å². The minimum absolute atomic E-state index is 0.401. The molecule has 3 heteroatoms. The summed E-state index contributed by atoms with van der Waals surface area (Å²) in [5.41, 5.74) is 2.04. The molecule has 1 heterocycles. The number of nitrogens with one attached hydrogen (secondary N) is 1. The van der Waals surface area contributed by atoms with Gasteiger partial charge in [-0.25, -0.2) is 0 Å². The average molecular weight is 257 g/mol. The van der Waals surface area contributed by atoms with Crippen molar-refractivity contribution in [2.75, 3.05) is 26.2 Å². The van der Waals surface area contributed by atoms with Crippen molar-refractivity contribution in [3.63, 3.8) is 0 Å². The Kier molecular flexibility index (Phi) is 5.38. The second kappa shape index (κ2) is 7.28. The highest BCUT2D eigenvalue weighted by atomic mass is 15.2. The molecule has 0 unspecified atom stereocenters. The first-order valence-corrected chi connectivity index (χ1v) is 7.30. The standard InChI is InChI=1S/C16H23N3/c1-2-3-8-16(19-11-9-18-10-12-19)15-7-5-4-6-14(15)13-17/h4-7,16,18H,2-3,8-12H2,1H3/t16-/m0/s1. The zero-order valence-corrected chi connectivity index (χ0v) is 11.7. The summed E-state index contributed by atoms with van der Waals surface area (Å²) in [5.74, 6) is 0. The first-order chi connectivity index (χ1) is 9.36. The number of nitriles is 1. The largest absolute Gasteiger partial charge is 0.314 e. The van der Waals surface area contributed by atoms with Gasteiger partial charge in [-0.15, -0.1) is 0 Å². The molecule has 1 aliphatic rings. The van der Waals surface area contributed by atoms with Crippen molar-refractivity contribution >= 4 is 0 Å². The van der Waals surface area contributed by atoms with Crippen LogP contribution < -0.4 is 5.32 Å². The van der Waals surface area contributed by atoms with Gasteiger partial charge in [0, 0.05) is 32.2 Å². The molecule has 0 radical (unpaired) electrons. The molecule has 0 spiro atoms. The predicted molar refractivity (Wildman–Crippen MR) is 77.9 cm³/mol. The minimum Gasteiger partial charge on any atom is -0.314 e. The van der Waals surface area contributed by atoms with E-state index in [0.717, 1.165) is 38.2 Å². The molecule has 0 aromatic heterocycles. The van der Waals surface area contributed by atoms with E-state index in [4.69, 9.17) is 0 Å². The van der Waals surface area contributed by atoms with E-state index in [-0.39, 0.29) is 0 Å². The van der Waals surface area contributed by atoms with Crippen molar-refractivity contribution in [3.8, 4) is 6.07 Å². The molecule has 102 valence electrons. The van der Waals surface area contributed by atoms with Crippen LogP contribution in [0, 0.1) is 11.3 Å². The Hall–Kier alpha value is -1.37. The molecule has 1 aromatic rings. The molecule has 0 saturated carbocycles. The van der Waals surface area contributed by atoms with Crippen LogP contribution in [0.25, 0.3) is 0 Å². The Morgan fingerprint density at radius 3 is 2.74 bits per heavy atom. The molecule has 19 heavy (non-hydrogen) atoms. The summed E-state index contributed by atoms with van der Waals surface area (Å²) in [4.78, 5) is 2.53. The lowest BCUT2D eigenvalue weighted by Crippen LogP contribution is -2.45. The molecule has 0 bridgehead atoms. The summed E-state index contributed by atoms with van der Waals surface area (Å²) in [6.45, 7) is 6.49. The maximum absolute atomic E-state index is 9.31. The quantitative estimate of drug-likeness (QED) is 0.881. The normalized spacial score (nSPS) is 17.9. The molecule has 1 aliphatic heterocycles. The minimum atomic E-state index is 0.401. The van der Waals surface area contributed by atoms with Crippen LogP contribution >= 0.6 is 0 Å². The number of piperazine rings is 1. The molecule has 1 saturated heterocycles. The van der Waals surface area contributed by atoms with Gasteiger partial charge in [0.25, 0.3) is 0 Å². The molecule has 0 amide bonds. The summed E-state index contributed by atoms with van der Waals surface area (Å²) in [5, 5.41) is 12.7. The lowest BCUT2D eigenvalue weighted by Gasteiger charge is -2.35. The van der Waals surface area contributed by atoms with E-state index >= 15 is 0 Å². The molecule has 1 fully saturated rings. The van der Waals surface area contributed by atoms with Gasteiger partial charge in [0.2, 0.25) is 0 Å². The van der Waals surface area contributed by atoms with Crippen molar-refractivity contribution in [1.82, 2.24) is 10.2 Å². The molecule has 0 aliphatic carbocycles. The van der Waals surface area contributed by atoms with Gasteiger partial charge in [0.15, 0.2) is 0 Å². The van der Waals surface area contributed by atoms with E-state index in [0.29, 0.717) is 6.04 Å². The van der Waals surface area contributed by atoms with Gasteiger partial charge in [-0.2, -0.15) is 5.26 Å². The number of nitrogens with zero attached hydrogens (tertiary/aromatic N) is 2. The zero-order chi connectivity index (χ0) is 13.5. The number of hydrogen-bond donors (Lipinski definition) is 1. The molecule has 3 nitrogen and oxygen atoms in total. The highest BCUT2D eigenvalue weighted by Gasteiger charge is 2.23. The van der Waals surface area contributed by atoms with Crippen molar-refractivity contribution in [1.29, 1.82) is 5.26 Å². The van der Waals surface area contributed by atoms with Crippen molar-refractivity contribution in [2.45, 2.75) is 32.2 Å². The van der Waals surface area contributed by atoms with Crippen molar-refractivity contribution in [2.24, 2.45) is 0 Å². The molecule has 2 rings (SSSR count). The summed E-state index contributed by atoms with van der Waals surface area (Å²) in [7, 11) is 0. The molecule has 1 aromatic carbocycles. The van der Waals surface area contributed by atoms with E-state index in [1.54, 1.807) is 0 Å². The van der Waals surface area contributed by atoms with Crippen LogP contribution in [0.4, 0.5) is 0 Å². The highest BCUT2D eigenvalue weighted by molar-refractivity contribution is 5.39. The average Bonchev–Trinajstić information content (AvgIpc) is 2.49. The predicted octanol–water partition coefficient (Wildman–Crippen LogP) is 2.69. The fourth-order valence-corrected chi connectivity index (χ4v) is 2.82. The molecular formula is C16H23N3. The highest BCUT2D eigenvalue weighted by Crippen LogP contribution is 2.29. The van der Waals surface area contributed by atoms with E-state index in [1.165, 1.54) is 18.4 Å². The fraction of sp³-hybridized carbons (Fsp3) is 0.562. The van der Waals surface area contributed by atoms with Crippen molar-refractivity contribution in [3.05, 3.63) is 35.4 Å². The van der Waals surface area contributed by atoms with E-state index < -0.39 is 0 Å². The zero-order valence-electron chi connectivity index (χ0n) is 11.7. The van der Waals surface area contributed by atoms with Crippen LogP contribution in [0.2, 0.25) is 0 Å². The Morgan fingerprint density at radius 2 is 2.05 bits per heavy atom. The van der Waals surface area contributed by atoms with Crippen molar-refractivity contribution < 1.29 is 0 Å². The third-order valence-electron chi connectivity index (χ3n) is 3.86. The number of unbranched alkanes of at least 4 members (excludes halogenated alkanes) is 1. The van der Waals surface area contributed by atoms with Gasteiger partial charge in [-0.1, -0.05) is 38.0 Å². The number of rotatable bonds is 5. The first-order valence-electron chi connectivity index (χ1n) is 7.30. The van der Waals surface area contributed by atoms with E-state index in [1.807, 2.05) is 12.1 Å². The smallest absolute Gasteiger partial charge is 0.0995 e. The van der Waals surface area contributed by atoms with Crippen LogP contribution in [-0.4, -0.2) is 31.1 Å². The lowest BCUT2D eigenvalue weighted by atomic mass is 9.95. The second-order valence-electron chi connectivity index (χ2n) is 5.14. The monoisotopic (exact) mass is 257 g/mol. The summed E-state index contributed by atoms with van der Waals surface area (Å²) < 4.78 is 0. The van der Waals surface area contributed by atoms with Gasteiger partial charge in [0.1, 0.15) is 0 Å². The van der Waals surface area contributed by atoms with Crippen LogP contribution in [0.3, 0.4) is 0 Å². The van der Waals surface area contributed by atoms with Crippen LogP contribution in [0.1, 0.15) is 43.4 Å². The number of hydrogen-bond acceptors (Lipinski definition) is 3. The van der Waals surface area contributed by atoms with Gasteiger partial charge in [-0.05, 0) is 18.1 Å². The number of benzene rings is 1. The SMILES string of the molecule is CCCC[C@@H](c1ccccc1C#N)N1CCNCC1. The first kappa shape index (κ1) is 14.0. The Bertz CT molecular complexity index is 430. The fourth-order valence-electron chi connectivity index (χ4n) is 2.82. The third kappa shape index (κ3) is 3.56. The topological polar surface area (TPSA) is 39.1 Å². The Morgan fingerprint density at radius 1 is 1.32 bits per heavy atom. The van der Waals surface area contributed by atoms with Crippen LogP contribution in [0.5, 0.6) is 0 Å². The van der Waals surface area contributed by atoms with Gasteiger partial charge >= 0.3 is 0 Å². The van der Waals surface area contributed by atoms with E-state index in [2.05, 4.69) is 35.3 Å². The third-order valence-corrected chi connectivity index (χ3v) is 3.86. The lowest BCUT2D eigenvalue weighted by molar-refractivity contribution is 0.163. The maximum atomic E-state index is 9.31. The summed E-state index contributed by atoms with van der Waals surface area (Å²) in [6, 6.07) is 10.8. The molecule has 1 N–H and O–H groups in total.